The van der Waals surface area contributed by atoms with Crippen LogP contribution in [0.2, 0.25) is 19.6 Å². The molecule has 0 N–H and O–H groups in total. The summed E-state index contributed by atoms with van der Waals surface area (Å²) in [5.41, 5.74) is 10.1. The largest absolute Gasteiger partial charge is 0.486 e. The molecule has 6 heteroatoms. The van der Waals surface area contributed by atoms with Gasteiger partial charge in [-0.25, -0.2) is 4.98 Å². The van der Waals surface area contributed by atoms with Crippen LogP contribution in [-0.2, 0) is 26.5 Å². The Morgan fingerprint density at radius 1 is 0.769 bits per heavy atom. The first-order chi connectivity index (χ1) is 24.7. The maximum absolute atomic E-state index is 6.22. The summed E-state index contributed by atoms with van der Waals surface area (Å²) in [6, 6.07) is 39.6. The second kappa shape index (κ2) is 16.6. The van der Waals surface area contributed by atoms with E-state index < -0.39 is 8.07 Å². The Balaban J connectivity index is 0.000000179. The molecule has 0 bridgehead atoms. The summed E-state index contributed by atoms with van der Waals surface area (Å²) in [6.45, 7) is 11.7. The van der Waals surface area contributed by atoms with E-state index in [-0.39, 0.29) is 20.1 Å². The molecule has 0 atom stereocenters. The summed E-state index contributed by atoms with van der Waals surface area (Å²) in [7, 11) is -1.36. The fraction of sp³-hybridized carbons (Fsp3) is 0.283. The molecule has 1 fully saturated rings. The molecule has 0 saturated heterocycles. The number of fused-ring (bicyclic) bond motifs is 3. The fourth-order valence-electron chi connectivity index (χ4n) is 7.27. The summed E-state index contributed by atoms with van der Waals surface area (Å²) in [5.74, 6) is 1.31. The Bertz CT molecular complexity index is 2240. The van der Waals surface area contributed by atoms with Crippen LogP contribution >= 0.6 is 0 Å². The molecule has 4 aromatic heterocycles. The van der Waals surface area contributed by atoms with Gasteiger partial charge in [-0.2, -0.15) is 0 Å². The number of hydrogen-bond donors (Lipinski definition) is 0. The average molecular weight is 878 g/mol. The topological polar surface area (TPSA) is 51.8 Å². The van der Waals surface area contributed by atoms with Crippen molar-refractivity contribution in [1.82, 2.24) is 15.0 Å². The van der Waals surface area contributed by atoms with E-state index in [1.807, 2.05) is 54.7 Å². The third-order valence-electron chi connectivity index (χ3n) is 10.1. The van der Waals surface area contributed by atoms with Crippen molar-refractivity contribution in [3.8, 4) is 33.8 Å². The molecule has 1 aliphatic carbocycles. The van der Waals surface area contributed by atoms with Crippen LogP contribution < -0.4 is 5.19 Å². The smallest absolute Gasteiger partial charge is 0.216 e. The second-order valence-electron chi connectivity index (χ2n) is 15.2. The molecule has 4 nitrogen and oxygen atoms in total. The minimum atomic E-state index is -1.36. The van der Waals surface area contributed by atoms with Crippen LogP contribution in [0.15, 0.2) is 114 Å². The predicted octanol–water partition coefficient (Wildman–Crippen LogP) is 11.8. The molecule has 1 aliphatic rings. The van der Waals surface area contributed by atoms with Crippen molar-refractivity contribution in [2.24, 2.45) is 5.92 Å². The molecule has 4 heterocycles. The van der Waals surface area contributed by atoms with Gasteiger partial charge in [-0.1, -0.05) is 130 Å². The van der Waals surface area contributed by atoms with Crippen molar-refractivity contribution < 1.29 is 24.5 Å². The van der Waals surface area contributed by atoms with Crippen LogP contribution in [0.1, 0.15) is 63.0 Å². The number of rotatable bonds is 7. The normalized spacial score (nSPS) is 13.5. The van der Waals surface area contributed by atoms with Crippen LogP contribution in [0.3, 0.4) is 0 Å². The zero-order valence-corrected chi connectivity index (χ0v) is 34.3. The number of aromatic nitrogens is 3. The molecule has 8 rings (SSSR count). The van der Waals surface area contributed by atoms with E-state index >= 15 is 0 Å². The van der Waals surface area contributed by atoms with Gasteiger partial charge >= 0.3 is 0 Å². The molecule has 3 aromatic carbocycles. The van der Waals surface area contributed by atoms with Gasteiger partial charge in [0.15, 0.2) is 0 Å². The second-order valence-corrected chi connectivity index (χ2v) is 20.2. The van der Waals surface area contributed by atoms with E-state index in [4.69, 9.17) is 14.4 Å². The molecule has 1 radical (unpaired) electrons. The van der Waals surface area contributed by atoms with E-state index in [1.54, 1.807) is 10.8 Å². The van der Waals surface area contributed by atoms with Gasteiger partial charge in [0.05, 0.1) is 19.4 Å². The minimum absolute atomic E-state index is 0. The SMILES string of the molecule is CC(C)c1ccnc(-c2[c-]ccc3c2oc2nc(-c4ccccc4)ccc23)c1.C[Si](C)(C)c1cnc(-c2[c-]cccc2)cc1CC1CCCCC1.[Ir]. The van der Waals surface area contributed by atoms with E-state index in [0.29, 0.717) is 11.6 Å². The molecule has 0 unspecified atom stereocenters. The van der Waals surface area contributed by atoms with Crippen LogP contribution in [0.25, 0.3) is 55.8 Å². The first kappa shape index (κ1) is 37.5. The zero-order chi connectivity index (χ0) is 35.4. The standard InChI is InChI=1S/C25H19N2O.C21H28NSi.Ir/c1-16(2)18-13-14-26-23(15-18)21-10-6-9-19-20-11-12-22(17-7-4-3-5-8-17)27-25(20)28-24(19)21;1-23(2,3)21-16-22-20(18-12-8-5-9-13-18)15-19(21)14-17-10-6-4-7-11-17;/h3-9,11-16H,1-2H3;5,8-9,12,15-17H,4,6-7,10-11,14H2,1-3H3;/q2*-1;. The van der Waals surface area contributed by atoms with E-state index in [1.165, 1.54) is 44.1 Å². The van der Waals surface area contributed by atoms with Gasteiger partial charge in [-0.15, -0.1) is 54.1 Å². The Labute approximate surface area is 323 Å². The Hall–Kier alpha value is -4.22. The molecule has 52 heavy (non-hydrogen) atoms. The van der Waals surface area contributed by atoms with Crippen molar-refractivity contribution in [2.45, 2.75) is 77.9 Å². The number of nitrogens with zero attached hydrogens (tertiary/aromatic N) is 3. The molecule has 267 valence electrons. The molecular weight excluding hydrogens is 831 g/mol. The summed E-state index contributed by atoms with van der Waals surface area (Å²) >= 11 is 0. The predicted molar refractivity (Wildman–Crippen MR) is 215 cm³/mol. The Morgan fingerprint density at radius 3 is 2.29 bits per heavy atom. The third-order valence-corrected chi connectivity index (χ3v) is 12.2. The van der Waals surface area contributed by atoms with Gasteiger partial charge in [0.1, 0.15) is 0 Å². The van der Waals surface area contributed by atoms with E-state index in [2.05, 4.69) is 105 Å². The molecule has 1 saturated carbocycles. The fourth-order valence-corrected chi connectivity index (χ4v) is 8.86. The van der Waals surface area contributed by atoms with Crippen LogP contribution in [0.5, 0.6) is 0 Å². The molecule has 0 spiro atoms. The minimum Gasteiger partial charge on any atom is -0.486 e. The number of hydrogen-bond acceptors (Lipinski definition) is 4. The summed E-state index contributed by atoms with van der Waals surface area (Å²) in [4.78, 5) is 14.1. The quantitative estimate of drug-likeness (QED) is 0.118. The molecule has 0 amide bonds. The van der Waals surface area contributed by atoms with E-state index in [9.17, 15) is 0 Å². The van der Waals surface area contributed by atoms with Gasteiger partial charge in [0, 0.05) is 43.4 Å². The third kappa shape index (κ3) is 8.52. The summed E-state index contributed by atoms with van der Waals surface area (Å²) < 4.78 is 6.22. The van der Waals surface area contributed by atoms with Gasteiger partial charge in [-0.05, 0) is 53.0 Å². The van der Waals surface area contributed by atoms with E-state index in [0.717, 1.165) is 56.0 Å². The van der Waals surface area contributed by atoms with Crippen LogP contribution in [-0.4, -0.2) is 23.0 Å². The monoisotopic (exact) mass is 878 g/mol. The van der Waals surface area contributed by atoms with Crippen LogP contribution in [0.4, 0.5) is 0 Å². The molecule has 7 aromatic rings. The van der Waals surface area contributed by atoms with Crippen LogP contribution in [0, 0.1) is 18.1 Å². The Kier molecular flexibility index (Phi) is 12.0. The molecular formula is C46H47IrN3OSi-2. The van der Waals surface area contributed by atoms with Crippen molar-refractivity contribution in [1.29, 1.82) is 0 Å². The van der Waals surface area contributed by atoms with Gasteiger partial charge in [0.2, 0.25) is 5.71 Å². The van der Waals surface area contributed by atoms with Crippen molar-refractivity contribution in [3.63, 3.8) is 0 Å². The Morgan fingerprint density at radius 2 is 1.56 bits per heavy atom. The van der Waals surface area contributed by atoms with Crippen molar-refractivity contribution in [2.75, 3.05) is 0 Å². The summed E-state index contributed by atoms with van der Waals surface area (Å²) in [6.07, 6.45) is 12.3. The first-order valence-corrected chi connectivity index (χ1v) is 22.0. The average Bonchev–Trinajstić information content (AvgIpc) is 3.54. The van der Waals surface area contributed by atoms with Crippen molar-refractivity contribution >= 4 is 35.3 Å². The first-order valence-electron chi connectivity index (χ1n) is 18.5. The number of furan rings is 1. The van der Waals surface area contributed by atoms with Gasteiger partial charge in [-0.3, -0.25) is 0 Å². The number of pyridine rings is 3. The maximum atomic E-state index is 6.22. The van der Waals surface area contributed by atoms with Gasteiger partial charge < -0.3 is 14.4 Å². The molecule has 0 aliphatic heterocycles. The number of benzene rings is 3. The summed E-state index contributed by atoms with van der Waals surface area (Å²) in [5, 5.41) is 3.58. The zero-order valence-electron chi connectivity index (χ0n) is 30.9. The maximum Gasteiger partial charge on any atom is 0.216 e. The van der Waals surface area contributed by atoms with Gasteiger partial charge in [0.25, 0.3) is 0 Å². The van der Waals surface area contributed by atoms with Crippen molar-refractivity contribution in [3.05, 3.63) is 133 Å².